The lowest BCUT2D eigenvalue weighted by Crippen LogP contribution is -2.57. The lowest BCUT2D eigenvalue weighted by Gasteiger charge is -2.46. The van der Waals surface area contributed by atoms with Crippen molar-refractivity contribution in [2.24, 2.45) is 0 Å². The average molecular weight is 309 g/mol. The first-order valence-electron chi connectivity index (χ1n) is 7.86. The molecule has 1 spiro atoms. The predicted molar refractivity (Wildman–Crippen MR) is 78.2 cm³/mol. The van der Waals surface area contributed by atoms with Crippen LogP contribution in [0.1, 0.15) is 37.1 Å². The van der Waals surface area contributed by atoms with Crippen LogP contribution < -0.4 is 5.32 Å². The van der Waals surface area contributed by atoms with Gasteiger partial charge in [-0.1, -0.05) is 5.16 Å². The Morgan fingerprint density at radius 2 is 2.32 bits per heavy atom. The molecule has 1 aromatic heterocycles. The number of aryl methyl sites for hydroxylation is 1. The number of urea groups is 1. The monoisotopic (exact) mass is 309 g/mol. The first-order valence-corrected chi connectivity index (χ1v) is 7.86. The maximum Gasteiger partial charge on any atom is 0.317 e. The second kappa shape index (κ2) is 6.26. The molecule has 0 aromatic carbocycles. The van der Waals surface area contributed by atoms with E-state index >= 15 is 0 Å². The number of likely N-dealkylation sites (tertiary alicyclic amines) is 1. The molecule has 2 amide bonds. The number of aliphatic hydroxyl groups excluding tert-OH is 1. The summed E-state index contributed by atoms with van der Waals surface area (Å²) in [4.78, 5) is 13.9. The van der Waals surface area contributed by atoms with Crippen molar-refractivity contribution in [2.45, 2.75) is 50.9 Å². The second-order valence-electron chi connectivity index (χ2n) is 6.15. The largest absolute Gasteiger partial charge is 0.390 e. The van der Waals surface area contributed by atoms with Crippen LogP contribution in [0, 0.1) is 6.92 Å². The van der Waals surface area contributed by atoms with Crippen molar-refractivity contribution in [2.75, 3.05) is 19.7 Å². The first kappa shape index (κ1) is 15.3. The summed E-state index contributed by atoms with van der Waals surface area (Å²) in [7, 11) is 0. The summed E-state index contributed by atoms with van der Waals surface area (Å²) in [6, 6.07) is 1.69. The molecule has 2 aliphatic rings. The van der Waals surface area contributed by atoms with Gasteiger partial charge in [0.15, 0.2) is 5.76 Å². The highest BCUT2D eigenvalue weighted by atomic mass is 16.5. The molecule has 2 N–H and O–H groups in total. The van der Waals surface area contributed by atoms with Gasteiger partial charge < -0.3 is 24.6 Å². The Labute approximate surface area is 129 Å². The third-order valence-electron chi connectivity index (χ3n) is 4.61. The smallest absolute Gasteiger partial charge is 0.317 e. The number of hydrogen-bond donors (Lipinski definition) is 2. The maximum absolute atomic E-state index is 12.2. The number of carbonyl (C=O) groups is 1. The molecule has 3 heterocycles. The molecule has 2 aliphatic heterocycles. The molecule has 2 fully saturated rings. The van der Waals surface area contributed by atoms with Crippen LogP contribution >= 0.6 is 0 Å². The average Bonchev–Trinajstić information content (AvgIpc) is 2.94. The number of rotatable bonds is 2. The highest BCUT2D eigenvalue weighted by Gasteiger charge is 2.44. The zero-order valence-electron chi connectivity index (χ0n) is 12.9. The van der Waals surface area contributed by atoms with Gasteiger partial charge in [0.25, 0.3) is 0 Å². The molecular formula is C15H23N3O4. The van der Waals surface area contributed by atoms with Crippen LogP contribution in [0.2, 0.25) is 0 Å². The van der Waals surface area contributed by atoms with Crippen molar-refractivity contribution in [3.63, 3.8) is 0 Å². The van der Waals surface area contributed by atoms with E-state index < -0.39 is 11.7 Å². The van der Waals surface area contributed by atoms with Gasteiger partial charge >= 0.3 is 6.03 Å². The van der Waals surface area contributed by atoms with Crippen LogP contribution in [0.15, 0.2) is 10.6 Å². The highest BCUT2D eigenvalue weighted by molar-refractivity contribution is 5.74. The number of aliphatic hydroxyl groups is 1. The van der Waals surface area contributed by atoms with Crippen LogP contribution in [0.3, 0.4) is 0 Å². The maximum atomic E-state index is 12.2. The van der Waals surface area contributed by atoms with E-state index in [2.05, 4.69) is 10.5 Å². The summed E-state index contributed by atoms with van der Waals surface area (Å²) in [6.45, 7) is 4.07. The molecule has 122 valence electrons. The minimum Gasteiger partial charge on any atom is -0.390 e. The van der Waals surface area contributed by atoms with E-state index in [9.17, 15) is 9.90 Å². The Hall–Kier alpha value is -1.60. The number of carbonyl (C=O) groups excluding carboxylic acids is 1. The standard InChI is InChI=1S/C15H23N3O4/c1-11-9-12(22-17-11)10-16-14(20)18-6-4-15(5-7-18)13(19)3-2-8-21-15/h9,13,19H,2-8,10H2,1H3,(H,16,20). The number of piperidine rings is 1. The lowest BCUT2D eigenvalue weighted by atomic mass is 9.82. The molecule has 1 aromatic rings. The third-order valence-corrected chi connectivity index (χ3v) is 4.61. The molecule has 0 bridgehead atoms. The van der Waals surface area contributed by atoms with Gasteiger partial charge in [-0.2, -0.15) is 0 Å². The van der Waals surface area contributed by atoms with Gasteiger partial charge in [0.1, 0.15) is 0 Å². The number of nitrogens with one attached hydrogen (secondary N) is 1. The number of amides is 2. The van der Waals surface area contributed by atoms with Gasteiger partial charge in [-0.25, -0.2) is 4.79 Å². The SMILES string of the molecule is Cc1cc(CNC(=O)N2CCC3(CC2)OCCCC3O)on1. The molecule has 3 rings (SSSR count). The molecular weight excluding hydrogens is 286 g/mol. The van der Waals surface area contributed by atoms with E-state index in [1.54, 1.807) is 11.0 Å². The van der Waals surface area contributed by atoms with Crippen LogP contribution in [0.5, 0.6) is 0 Å². The summed E-state index contributed by atoms with van der Waals surface area (Å²) in [6.07, 6.45) is 2.65. The number of ether oxygens (including phenoxy) is 1. The van der Waals surface area contributed by atoms with Gasteiger partial charge in [0, 0.05) is 25.8 Å². The van der Waals surface area contributed by atoms with Crippen LogP contribution in [-0.2, 0) is 11.3 Å². The summed E-state index contributed by atoms with van der Waals surface area (Å²) < 4.78 is 10.9. The third kappa shape index (κ3) is 3.10. The van der Waals surface area contributed by atoms with Gasteiger partial charge in [-0.15, -0.1) is 0 Å². The molecule has 0 radical (unpaired) electrons. The molecule has 1 atom stereocenters. The topological polar surface area (TPSA) is 87.8 Å². The van der Waals surface area contributed by atoms with Crippen molar-refractivity contribution in [1.82, 2.24) is 15.4 Å². The van der Waals surface area contributed by atoms with E-state index in [0.29, 0.717) is 44.8 Å². The fourth-order valence-corrected chi connectivity index (χ4v) is 3.25. The van der Waals surface area contributed by atoms with Gasteiger partial charge in [0.05, 0.1) is 23.9 Å². The van der Waals surface area contributed by atoms with Crippen LogP contribution in [0.25, 0.3) is 0 Å². The molecule has 22 heavy (non-hydrogen) atoms. The van der Waals surface area contributed by atoms with Crippen LogP contribution in [0.4, 0.5) is 4.79 Å². The first-order chi connectivity index (χ1) is 10.6. The predicted octanol–water partition coefficient (Wildman–Crippen LogP) is 1.20. The minimum atomic E-state index is -0.447. The Morgan fingerprint density at radius 3 is 2.95 bits per heavy atom. The van der Waals surface area contributed by atoms with E-state index in [1.807, 2.05) is 6.92 Å². The highest BCUT2D eigenvalue weighted by Crippen LogP contribution is 2.35. The number of nitrogens with zero attached hydrogens (tertiary/aromatic N) is 2. The van der Waals surface area contributed by atoms with E-state index in [4.69, 9.17) is 9.26 Å². The lowest BCUT2D eigenvalue weighted by molar-refractivity contribution is -0.173. The van der Waals surface area contributed by atoms with Crippen molar-refractivity contribution in [1.29, 1.82) is 0 Å². The molecule has 1 unspecified atom stereocenters. The summed E-state index contributed by atoms with van der Waals surface area (Å²) in [5.74, 6) is 0.644. The Morgan fingerprint density at radius 1 is 1.55 bits per heavy atom. The quantitative estimate of drug-likeness (QED) is 0.857. The Kier molecular flexibility index (Phi) is 4.35. The van der Waals surface area contributed by atoms with Gasteiger partial charge in [0.2, 0.25) is 0 Å². The molecule has 7 nitrogen and oxygen atoms in total. The van der Waals surface area contributed by atoms with Crippen molar-refractivity contribution in [3.8, 4) is 0 Å². The van der Waals surface area contributed by atoms with Crippen molar-refractivity contribution in [3.05, 3.63) is 17.5 Å². The normalized spacial score (nSPS) is 24.5. The number of aromatic nitrogens is 1. The summed E-state index contributed by atoms with van der Waals surface area (Å²) in [5.41, 5.74) is 0.351. The van der Waals surface area contributed by atoms with Gasteiger partial charge in [-0.05, 0) is 32.6 Å². The fourth-order valence-electron chi connectivity index (χ4n) is 3.25. The van der Waals surface area contributed by atoms with Crippen molar-refractivity contribution >= 4 is 6.03 Å². The Bertz CT molecular complexity index is 523. The fraction of sp³-hybridized carbons (Fsp3) is 0.733. The molecule has 7 heteroatoms. The summed E-state index contributed by atoms with van der Waals surface area (Å²) in [5, 5.41) is 16.8. The zero-order valence-corrected chi connectivity index (χ0v) is 12.9. The Balaban J connectivity index is 1.49. The van der Waals surface area contributed by atoms with Crippen LogP contribution in [-0.4, -0.2) is 52.6 Å². The molecule has 0 saturated carbocycles. The van der Waals surface area contributed by atoms with E-state index in [0.717, 1.165) is 18.5 Å². The molecule has 0 aliphatic carbocycles. The molecule has 2 saturated heterocycles. The van der Waals surface area contributed by atoms with Gasteiger partial charge in [-0.3, -0.25) is 0 Å². The number of hydrogen-bond acceptors (Lipinski definition) is 5. The zero-order chi connectivity index (χ0) is 15.6. The van der Waals surface area contributed by atoms with E-state index in [-0.39, 0.29) is 6.03 Å². The van der Waals surface area contributed by atoms with Crippen molar-refractivity contribution < 1.29 is 19.2 Å². The minimum absolute atomic E-state index is 0.116. The second-order valence-corrected chi connectivity index (χ2v) is 6.15. The summed E-state index contributed by atoms with van der Waals surface area (Å²) >= 11 is 0. The van der Waals surface area contributed by atoms with E-state index in [1.165, 1.54) is 0 Å².